The molecule has 0 saturated heterocycles. The molecule has 0 radical (unpaired) electrons. The second-order valence-electron chi connectivity index (χ2n) is 4.72. The Morgan fingerprint density at radius 3 is 2.84 bits per heavy atom. The van der Waals surface area contributed by atoms with Crippen LogP contribution in [0.15, 0.2) is 30.3 Å². The smallest absolute Gasteiger partial charge is 0.130 e. The third-order valence-electron chi connectivity index (χ3n) is 3.43. The first kappa shape index (κ1) is 11.6. The Morgan fingerprint density at radius 1 is 1.26 bits per heavy atom. The van der Waals surface area contributed by atoms with Gasteiger partial charge in [0.15, 0.2) is 0 Å². The average Bonchev–Trinajstić information content (AvgIpc) is 2.89. The maximum absolute atomic E-state index is 9.83. The van der Waals surface area contributed by atoms with E-state index >= 15 is 0 Å². The van der Waals surface area contributed by atoms with Crippen LogP contribution in [0.2, 0.25) is 0 Å². The first-order valence-electron chi connectivity index (χ1n) is 6.19. The molecule has 3 rings (SSSR count). The summed E-state index contributed by atoms with van der Waals surface area (Å²) in [5.74, 6) is 1.09. The number of ether oxygens (including phenoxy) is 1. The van der Waals surface area contributed by atoms with Gasteiger partial charge in [0.05, 0.1) is 18.2 Å². The highest BCUT2D eigenvalue weighted by atomic mass is 16.5. The molecule has 0 aromatic heterocycles. The Morgan fingerprint density at radius 2 is 2.11 bits per heavy atom. The standard InChI is InChI=1S/C16H13NO2/c1-10-2-3-12(8-15(10)18)14-7-11(9-17)6-13-4-5-19-16(13)14/h2-3,6-8,18H,4-5H2,1H3. The molecule has 0 unspecified atom stereocenters. The third-order valence-corrected chi connectivity index (χ3v) is 3.43. The summed E-state index contributed by atoms with van der Waals surface area (Å²) in [7, 11) is 0. The molecule has 1 aliphatic rings. The Bertz CT molecular complexity index is 699. The second kappa shape index (κ2) is 4.33. The highest BCUT2D eigenvalue weighted by Gasteiger charge is 2.19. The summed E-state index contributed by atoms with van der Waals surface area (Å²) in [5, 5.41) is 18.9. The number of benzene rings is 2. The molecule has 3 heteroatoms. The van der Waals surface area contributed by atoms with Gasteiger partial charge in [-0.3, -0.25) is 0 Å². The molecule has 2 aromatic rings. The predicted octanol–water partition coefficient (Wildman–Crippen LogP) is 3.17. The lowest BCUT2D eigenvalue weighted by molar-refractivity contribution is 0.358. The van der Waals surface area contributed by atoms with Crippen molar-refractivity contribution in [3.63, 3.8) is 0 Å². The van der Waals surface area contributed by atoms with E-state index in [1.807, 2.05) is 31.2 Å². The van der Waals surface area contributed by atoms with Crippen molar-refractivity contribution in [3.8, 4) is 28.7 Å². The van der Waals surface area contributed by atoms with Gasteiger partial charge >= 0.3 is 0 Å². The number of hydrogen-bond donors (Lipinski definition) is 1. The lowest BCUT2D eigenvalue weighted by Gasteiger charge is -2.10. The van der Waals surface area contributed by atoms with E-state index in [4.69, 9.17) is 10.00 Å². The van der Waals surface area contributed by atoms with Gasteiger partial charge < -0.3 is 9.84 Å². The zero-order valence-electron chi connectivity index (χ0n) is 10.6. The first-order valence-corrected chi connectivity index (χ1v) is 6.19. The number of fused-ring (bicyclic) bond motifs is 1. The minimum Gasteiger partial charge on any atom is -0.508 e. The fourth-order valence-corrected chi connectivity index (χ4v) is 2.36. The number of rotatable bonds is 1. The summed E-state index contributed by atoms with van der Waals surface area (Å²) in [6.07, 6.45) is 0.829. The van der Waals surface area contributed by atoms with Crippen molar-refractivity contribution in [2.24, 2.45) is 0 Å². The fourth-order valence-electron chi connectivity index (χ4n) is 2.36. The summed E-state index contributed by atoms with van der Waals surface area (Å²) in [6.45, 7) is 2.50. The lowest BCUT2D eigenvalue weighted by Crippen LogP contribution is -1.90. The molecule has 3 nitrogen and oxygen atoms in total. The third kappa shape index (κ3) is 1.92. The van der Waals surface area contributed by atoms with E-state index in [0.29, 0.717) is 12.2 Å². The van der Waals surface area contributed by atoms with Gasteiger partial charge in [-0.1, -0.05) is 12.1 Å². The molecule has 94 valence electrons. The summed E-state index contributed by atoms with van der Waals surface area (Å²) in [5.41, 5.74) is 4.27. The molecule has 1 heterocycles. The number of aromatic hydroxyl groups is 1. The molecule has 1 N–H and O–H groups in total. The Kier molecular flexibility index (Phi) is 2.64. The van der Waals surface area contributed by atoms with Crippen molar-refractivity contribution < 1.29 is 9.84 Å². The minimum atomic E-state index is 0.256. The van der Waals surface area contributed by atoms with Crippen LogP contribution in [-0.2, 0) is 6.42 Å². The van der Waals surface area contributed by atoms with Crippen LogP contribution in [0.25, 0.3) is 11.1 Å². The van der Waals surface area contributed by atoms with E-state index in [-0.39, 0.29) is 5.75 Å². The van der Waals surface area contributed by atoms with Crippen molar-refractivity contribution >= 4 is 0 Å². The molecular formula is C16H13NO2. The van der Waals surface area contributed by atoms with Gasteiger partial charge in [0.25, 0.3) is 0 Å². The van der Waals surface area contributed by atoms with Crippen molar-refractivity contribution in [2.75, 3.05) is 6.61 Å². The van der Waals surface area contributed by atoms with Gasteiger partial charge in [-0.15, -0.1) is 0 Å². The van der Waals surface area contributed by atoms with Crippen LogP contribution >= 0.6 is 0 Å². The highest BCUT2D eigenvalue weighted by Crippen LogP contribution is 2.39. The number of hydrogen-bond acceptors (Lipinski definition) is 3. The molecule has 2 aromatic carbocycles. The lowest BCUT2D eigenvalue weighted by atomic mass is 9.97. The van der Waals surface area contributed by atoms with Gasteiger partial charge in [-0.2, -0.15) is 5.26 Å². The first-order chi connectivity index (χ1) is 9.19. The average molecular weight is 251 g/mol. The topological polar surface area (TPSA) is 53.2 Å². The molecular weight excluding hydrogens is 238 g/mol. The monoisotopic (exact) mass is 251 g/mol. The van der Waals surface area contributed by atoms with Crippen molar-refractivity contribution in [2.45, 2.75) is 13.3 Å². The number of phenolic OH excluding ortho intramolecular Hbond substituents is 1. The molecule has 0 bridgehead atoms. The van der Waals surface area contributed by atoms with E-state index in [9.17, 15) is 5.11 Å². The van der Waals surface area contributed by atoms with Crippen LogP contribution in [0.3, 0.4) is 0 Å². The van der Waals surface area contributed by atoms with Gasteiger partial charge in [0, 0.05) is 12.0 Å². The van der Waals surface area contributed by atoms with Crippen LogP contribution in [0.1, 0.15) is 16.7 Å². The van der Waals surface area contributed by atoms with Gasteiger partial charge in [0.2, 0.25) is 0 Å². The van der Waals surface area contributed by atoms with Crippen LogP contribution in [0, 0.1) is 18.3 Å². The SMILES string of the molecule is Cc1ccc(-c2cc(C#N)cc3c2OCC3)cc1O. The number of aryl methyl sites for hydroxylation is 1. The quantitative estimate of drug-likeness (QED) is 0.846. The largest absolute Gasteiger partial charge is 0.508 e. The molecule has 0 amide bonds. The van der Waals surface area contributed by atoms with Gasteiger partial charge in [-0.25, -0.2) is 0 Å². The number of nitrogens with zero attached hydrogens (tertiary/aromatic N) is 1. The molecule has 0 atom stereocenters. The Balaban J connectivity index is 2.22. The van der Waals surface area contributed by atoms with Gasteiger partial charge in [0.1, 0.15) is 11.5 Å². The summed E-state index contributed by atoms with van der Waals surface area (Å²) in [6, 6.07) is 11.4. The normalized spacial score (nSPS) is 12.6. The molecule has 19 heavy (non-hydrogen) atoms. The maximum atomic E-state index is 9.83. The summed E-state index contributed by atoms with van der Waals surface area (Å²) in [4.78, 5) is 0. The van der Waals surface area contributed by atoms with E-state index in [2.05, 4.69) is 6.07 Å². The van der Waals surface area contributed by atoms with Crippen LogP contribution in [-0.4, -0.2) is 11.7 Å². The maximum Gasteiger partial charge on any atom is 0.130 e. The van der Waals surface area contributed by atoms with Crippen molar-refractivity contribution in [1.82, 2.24) is 0 Å². The summed E-state index contributed by atoms with van der Waals surface area (Å²) < 4.78 is 5.66. The number of nitriles is 1. The Labute approximate surface area is 111 Å². The number of phenols is 1. The fraction of sp³-hybridized carbons (Fsp3) is 0.188. The van der Waals surface area contributed by atoms with E-state index in [1.165, 1.54) is 0 Å². The molecule has 0 saturated carbocycles. The summed E-state index contributed by atoms with van der Waals surface area (Å²) >= 11 is 0. The predicted molar refractivity (Wildman–Crippen MR) is 72.2 cm³/mol. The zero-order chi connectivity index (χ0) is 13.4. The van der Waals surface area contributed by atoms with E-state index in [0.717, 1.165) is 34.4 Å². The van der Waals surface area contributed by atoms with Crippen molar-refractivity contribution in [3.05, 3.63) is 47.0 Å². The highest BCUT2D eigenvalue weighted by molar-refractivity contribution is 5.76. The van der Waals surface area contributed by atoms with Crippen LogP contribution < -0.4 is 4.74 Å². The van der Waals surface area contributed by atoms with E-state index < -0.39 is 0 Å². The van der Waals surface area contributed by atoms with Crippen LogP contribution in [0.5, 0.6) is 11.5 Å². The second-order valence-corrected chi connectivity index (χ2v) is 4.72. The zero-order valence-corrected chi connectivity index (χ0v) is 10.6. The Hall–Kier alpha value is -2.47. The van der Waals surface area contributed by atoms with E-state index in [1.54, 1.807) is 6.07 Å². The van der Waals surface area contributed by atoms with Gasteiger partial charge in [-0.05, 0) is 41.8 Å². The minimum absolute atomic E-state index is 0.256. The molecule has 0 fully saturated rings. The molecule has 0 aliphatic carbocycles. The van der Waals surface area contributed by atoms with Crippen molar-refractivity contribution in [1.29, 1.82) is 5.26 Å². The molecule has 1 aliphatic heterocycles. The van der Waals surface area contributed by atoms with Crippen LogP contribution in [0.4, 0.5) is 0 Å². The molecule has 0 spiro atoms.